The summed E-state index contributed by atoms with van der Waals surface area (Å²) < 4.78 is 12.2. The van der Waals surface area contributed by atoms with Crippen LogP contribution in [0.2, 0.25) is 0 Å². The molecule has 0 bridgehead atoms. The maximum absolute atomic E-state index is 12.2. The third kappa shape index (κ3) is 7.86. The maximum atomic E-state index is 12.2. The molecule has 2 rings (SSSR count). The van der Waals surface area contributed by atoms with Crippen molar-refractivity contribution in [3.8, 4) is 0 Å². The zero-order valence-corrected chi connectivity index (χ0v) is 18.6. The molecule has 0 spiro atoms. The Morgan fingerprint density at radius 2 is 1.65 bits per heavy atom. The molecule has 0 amide bonds. The highest BCUT2D eigenvalue weighted by Crippen LogP contribution is 2.08. The van der Waals surface area contributed by atoms with Gasteiger partial charge in [-0.3, -0.25) is 9.20 Å². The Bertz CT molecular complexity index is 707. The van der Waals surface area contributed by atoms with E-state index < -0.39 is 10.8 Å². The van der Waals surface area contributed by atoms with Crippen LogP contribution in [-0.4, -0.2) is 29.5 Å². The van der Waals surface area contributed by atoms with Crippen molar-refractivity contribution in [3.05, 3.63) is 71.3 Å². The molecule has 2 aromatic carbocycles. The molecular formula is C20H28IN3OS. The molecule has 0 heterocycles. The van der Waals surface area contributed by atoms with Gasteiger partial charge in [0.2, 0.25) is 0 Å². The lowest BCUT2D eigenvalue weighted by molar-refractivity contribution is 0.680. The molecular weight excluding hydrogens is 457 g/mol. The molecule has 0 aromatic heterocycles. The Hall–Kier alpha value is -1.41. The second-order valence-electron chi connectivity index (χ2n) is 5.75. The molecule has 2 N–H and O–H groups in total. The van der Waals surface area contributed by atoms with Gasteiger partial charge in [-0.05, 0) is 23.1 Å². The quantitative estimate of drug-likeness (QED) is 0.342. The van der Waals surface area contributed by atoms with Gasteiger partial charge in [-0.25, -0.2) is 0 Å². The van der Waals surface area contributed by atoms with Crippen LogP contribution in [0.15, 0.2) is 59.6 Å². The summed E-state index contributed by atoms with van der Waals surface area (Å²) >= 11 is 0. The molecule has 0 aliphatic carbocycles. The first kappa shape index (κ1) is 22.6. The number of nitrogens with zero attached hydrogens (tertiary/aromatic N) is 1. The first-order valence-electron chi connectivity index (χ1n) is 8.63. The number of nitrogens with one attached hydrogen (secondary N) is 2. The van der Waals surface area contributed by atoms with E-state index in [4.69, 9.17) is 0 Å². The number of aliphatic imine (C=N–C) groups is 1. The summed E-state index contributed by atoms with van der Waals surface area (Å²) in [4.78, 5) is 4.23. The normalized spacial score (nSPS) is 12.2. The zero-order chi connectivity index (χ0) is 17.9. The van der Waals surface area contributed by atoms with E-state index in [0.717, 1.165) is 24.5 Å². The van der Waals surface area contributed by atoms with E-state index in [9.17, 15) is 4.21 Å². The van der Waals surface area contributed by atoms with E-state index in [0.29, 0.717) is 18.1 Å². The molecule has 4 nitrogen and oxygen atoms in total. The number of hydrogen-bond acceptors (Lipinski definition) is 2. The minimum Gasteiger partial charge on any atom is -0.355 e. The van der Waals surface area contributed by atoms with E-state index in [2.05, 4.69) is 46.8 Å². The fraction of sp³-hybridized carbons (Fsp3) is 0.350. The largest absolute Gasteiger partial charge is 0.355 e. The number of guanidine groups is 1. The highest BCUT2D eigenvalue weighted by atomic mass is 127. The Morgan fingerprint density at radius 3 is 2.31 bits per heavy atom. The highest BCUT2D eigenvalue weighted by Gasteiger charge is 2.04. The fourth-order valence-corrected chi connectivity index (χ4v) is 3.63. The summed E-state index contributed by atoms with van der Waals surface area (Å²) in [7, 11) is 0.872. The van der Waals surface area contributed by atoms with Crippen LogP contribution in [0.1, 0.15) is 23.6 Å². The van der Waals surface area contributed by atoms with Gasteiger partial charge in [-0.15, -0.1) is 24.0 Å². The number of halogens is 1. The number of benzene rings is 2. The molecule has 6 heteroatoms. The van der Waals surface area contributed by atoms with E-state index in [1.807, 2.05) is 30.3 Å². The summed E-state index contributed by atoms with van der Waals surface area (Å²) in [5.74, 6) is 1.93. The monoisotopic (exact) mass is 485 g/mol. The molecule has 1 atom stereocenters. The summed E-state index contributed by atoms with van der Waals surface area (Å²) in [6, 6.07) is 18.4. The first-order chi connectivity index (χ1) is 12.2. The molecule has 0 aliphatic rings. The number of aryl methyl sites for hydroxylation is 1. The van der Waals surface area contributed by atoms with Crippen molar-refractivity contribution < 1.29 is 4.21 Å². The van der Waals surface area contributed by atoms with Crippen LogP contribution < -0.4 is 10.6 Å². The zero-order valence-electron chi connectivity index (χ0n) is 15.4. The summed E-state index contributed by atoms with van der Waals surface area (Å²) in [6.07, 6.45) is 1.02. The van der Waals surface area contributed by atoms with Crippen molar-refractivity contribution in [3.63, 3.8) is 0 Å². The van der Waals surface area contributed by atoms with E-state index >= 15 is 0 Å². The SMILES string of the molecule is CCc1ccccc1CNC(=NC)NCCS(=O)Cc1ccccc1.I. The first-order valence-corrected chi connectivity index (χ1v) is 10.1. The van der Waals surface area contributed by atoms with Crippen LogP contribution in [0, 0.1) is 0 Å². The van der Waals surface area contributed by atoms with Gasteiger partial charge in [0.15, 0.2) is 5.96 Å². The van der Waals surface area contributed by atoms with Crippen molar-refractivity contribution >= 4 is 40.7 Å². The van der Waals surface area contributed by atoms with Crippen molar-refractivity contribution in [1.29, 1.82) is 0 Å². The lowest BCUT2D eigenvalue weighted by atomic mass is 10.1. The van der Waals surface area contributed by atoms with Crippen LogP contribution in [0.5, 0.6) is 0 Å². The second kappa shape index (κ2) is 12.9. The fourth-order valence-electron chi connectivity index (χ4n) is 2.59. The summed E-state index contributed by atoms with van der Waals surface area (Å²) in [5, 5.41) is 6.56. The molecule has 26 heavy (non-hydrogen) atoms. The van der Waals surface area contributed by atoms with Crippen molar-refractivity contribution in [2.24, 2.45) is 4.99 Å². The minimum absolute atomic E-state index is 0. The lowest BCUT2D eigenvalue weighted by Gasteiger charge is -2.13. The van der Waals surface area contributed by atoms with Gasteiger partial charge in [0.25, 0.3) is 0 Å². The van der Waals surface area contributed by atoms with E-state index in [1.54, 1.807) is 7.05 Å². The molecule has 142 valence electrons. The molecule has 0 saturated heterocycles. The lowest BCUT2D eigenvalue weighted by Crippen LogP contribution is -2.38. The molecule has 0 aliphatic heterocycles. The Balaban J connectivity index is 0.00000338. The van der Waals surface area contributed by atoms with Gasteiger partial charge in [0, 0.05) is 42.4 Å². The van der Waals surface area contributed by atoms with Crippen LogP contribution in [0.4, 0.5) is 0 Å². The molecule has 0 saturated carbocycles. The summed E-state index contributed by atoms with van der Waals surface area (Å²) in [5.41, 5.74) is 3.73. The predicted octanol–water partition coefficient (Wildman–Crippen LogP) is 3.48. The Kier molecular flexibility index (Phi) is 11.2. The van der Waals surface area contributed by atoms with Crippen molar-refractivity contribution in [1.82, 2.24) is 10.6 Å². The highest BCUT2D eigenvalue weighted by molar-refractivity contribution is 14.0. The van der Waals surface area contributed by atoms with Crippen LogP contribution in [0.3, 0.4) is 0 Å². The van der Waals surface area contributed by atoms with Crippen LogP contribution >= 0.6 is 24.0 Å². The van der Waals surface area contributed by atoms with Gasteiger partial charge < -0.3 is 10.6 Å². The van der Waals surface area contributed by atoms with Crippen molar-refractivity contribution in [2.45, 2.75) is 25.6 Å². The van der Waals surface area contributed by atoms with Gasteiger partial charge in [-0.1, -0.05) is 61.5 Å². The molecule has 1 unspecified atom stereocenters. The standard InChI is InChI=1S/C20H27N3OS.HI/c1-3-18-11-7-8-12-19(18)15-23-20(21-2)22-13-14-25(24)16-17-9-5-4-6-10-17;/h4-12H,3,13-16H2,1-2H3,(H2,21,22,23);1H. The Morgan fingerprint density at radius 1 is 1.00 bits per heavy atom. The van der Waals surface area contributed by atoms with Crippen LogP contribution in [0.25, 0.3) is 0 Å². The third-order valence-corrected chi connectivity index (χ3v) is 5.28. The van der Waals surface area contributed by atoms with Crippen LogP contribution in [-0.2, 0) is 29.5 Å². The van der Waals surface area contributed by atoms with Crippen molar-refractivity contribution in [2.75, 3.05) is 19.3 Å². The van der Waals surface area contributed by atoms with Gasteiger partial charge >= 0.3 is 0 Å². The Labute approximate surface area is 176 Å². The summed E-state index contributed by atoms with van der Waals surface area (Å²) in [6.45, 7) is 3.53. The topological polar surface area (TPSA) is 53.5 Å². The van der Waals surface area contributed by atoms with Gasteiger partial charge in [0.1, 0.15) is 0 Å². The van der Waals surface area contributed by atoms with Gasteiger partial charge in [0.05, 0.1) is 0 Å². The third-order valence-electron chi connectivity index (χ3n) is 3.96. The predicted molar refractivity (Wildman–Crippen MR) is 123 cm³/mol. The molecule has 2 aromatic rings. The van der Waals surface area contributed by atoms with E-state index in [1.165, 1.54) is 11.1 Å². The maximum Gasteiger partial charge on any atom is 0.191 e. The molecule has 0 fully saturated rings. The molecule has 0 radical (unpaired) electrons. The minimum atomic E-state index is -0.880. The van der Waals surface area contributed by atoms with Gasteiger partial charge in [-0.2, -0.15) is 0 Å². The number of hydrogen-bond donors (Lipinski definition) is 2. The van der Waals surface area contributed by atoms with E-state index in [-0.39, 0.29) is 24.0 Å². The second-order valence-corrected chi connectivity index (χ2v) is 7.33. The number of rotatable bonds is 8. The average molecular weight is 485 g/mol. The smallest absolute Gasteiger partial charge is 0.191 e. The average Bonchev–Trinajstić information content (AvgIpc) is 2.65.